The van der Waals surface area contributed by atoms with Gasteiger partial charge in [-0.2, -0.15) is 0 Å². The molecule has 2 amide bonds. The second-order valence-electron chi connectivity index (χ2n) is 6.19. The van der Waals surface area contributed by atoms with E-state index in [4.69, 9.17) is 16.3 Å². The van der Waals surface area contributed by atoms with Crippen LogP contribution in [0.2, 0.25) is 5.02 Å². The van der Waals surface area contributed by atoms with Gasteiger partial charge in [-0.3, -0.25) is 0 Å². The molecule has 0 radical (unpaired) electrons. The normalized spacial score (nSPS) is 14.8. The third kappa shape index (κ3) is 4.35. The van der Waals surface area contributed by atoms with Crippen molar-refractivity contribution in [3.63, 3.8) is 0 Å². The number of likely N-dealkylation sites (tertiary alicyclic amines) is 1. The first-order valence-electron chi connectivity index (χ1n) is 8.47. The Hall–Kier alpha value is -2.54. The molecule has 3 rings (SSSR count). The molecule has 0 bridgehead atoms. The van der Waals surface area contributed by atoms with E-state index in [2.05, 4.69) is 15.3 Å². The fourth-order valence-corrected chi connectivity index (χ4v) is 3.11. The Morgan fingerprint density at radius 3 is 2.65 bits per heavy atom. The average Bonchev–Trinajstić information content (AvgIpc) is 2.68. The van der Waals surface area contributed by atoms with Crippen molar-refractivity contribution in [2.24, 2.45) is 0 Å². The predicted octanol–water partition coefficient (Wildman–Crippen LogP) is 3.27. The number of ether oxygens (including phenoxy) is 1. The second-order valence-corrected chi connectivity index (χ2v) is 6.63. The van der Waals surface area contributed by atoms with Gasteiger partial charge in [0.15, 0.2) is 0 Å². The molecule has 0 atom stereocenters. The van der Waals surface area contributed by atoms with Gasteiger partial charge in [0.05, 0.1) is 24.5 Å². The summed E-state index contributed by atoms with van der Waals surface area (Å²) in [6.45, 7) is 1.36. The number of nitrogens with zero attached hydrogens (tertiary/aromatic N) is 4. The smallest absolute Gasteiger partial charge is 0.321 e. The van der Waals surface area contributed by atoms with Crippen molar-refractivity contribution in [2.45, 2.75) is 18.9 Å². The van der Waals surface area contributed by atoms with Gasteiger partial charge in [-0.25, -0.2) is 14.8 Å². The molecule has 1 aliphatic rings. The maximum absolute atomic E-state index is 12.5. The fraction of sp³-hybridized carbons (Fsp3) is 0.389. The van der Waals surface area contributed by atoms with Crippen LogP contribution in [0.15, 0.2) is 36.7 Å². The standard InChI is InChI=1S/C18H22ClN5O2/c1-23(17-20-11-13(19)12-21-17)15-6-8-24(9-7-15)18(25)22-14-4-3-5-16(10-14)26-2/h3-5,10-12,15H,6-9H2,1-2H3,(H,22,25). The zero-order chi connectivity index (χ0) is 18.5. The topological polar surface area (TPSA) is 70.6 Å². The first kappa shape index (κ1) is 18.3. The summed E-state index contributed by atoms with van der Waals surface area (Å²) in [5.41, 5.74) is 0.725. The highest BCUT2D eigenvalue weighted by atomic mass is 35.5. The van der Waals surface area contributed by atoms with Crippen LogP contribution in [0.1, 0.15) is 12.8 Å². The molecule has 0 aliphatic carbocycles. The lowest BCUT2D eigenvalue weighted by Crippen LogP contribution is -2.47. The van der Waals surface area contributed by atoms with Crippen LogP contribution in [-0.2, 0) is 0 Å². The van der Waals surface area contributed by atoms with Gasteiger partial charge in [0, 0.05) is 37.9 Å². The number of carbonyl (C=O) groups excluding carboxylic acids is 1. The van der Waals surface area contributed by atoms with Crippen LogP contribution in [0, 0.1) is 0 Å². The highest BCUT2D eigenvalue weighted by Crippen LogP contribution is 2.21. The van der Waals surface area contributed by atoms with Crippen LogP contribution in [0.4, 0.5) is 16.4 Å². The monoisotopic (exact) mass is 375 g/mol. The Morgan fingerprint density at radius 2 is 2.00 bits per heavy atom. The van der Waals surface area contributed by atoms with Crippen LogP contribution in [-0.4, -0.2) is 54.2 Å². The van der Waals surface area contributed by atoms with Gasteiger partial charge in [0.25, 0.3) is 0 Å². The van der Waals surface area contributed by atoms with E-state index in [0.29, 0.717) is 29.8 Å². The minimum Gasteiger partial charge on any atom is -0.497 e. The van der Waals surface area contributed by atoms with Crippen molar-refractivity contribution in [1.82, 2.24) is 14.9 Å². The third-order valence-corrected chi connectivity index (χ3v) is 4.74. The van der Waals surface area contributed by atoms with Crippen molar-refractivity contribution in [2.75, 3.05) is 37.5 Å². The number of hydrogen-bond acceptors (Lipinski definition) is 5. The van der Waals surface area contributed by atoms with Gasteiger partial charge in [-0.05, 0) is 25.0 Å². The summed E-state index contributed by atoms with van der Waals surface area (Å²) < 4.78 is 5.18. The number of carbonyl (C=O) groups is 1. The van der Waals surface area contributed by atoms with E-state index in [1.165, 1.54) is 0 Å². The van der Waals surface area contributed by atoms with E-state index in [1.807, 2.05) is 35.0 Å². The Balaban J connectivity index is 1.54. The molecule has 7 nitrogen and oxygen atoms in total. The number of nitrogens with one attached hydrogen (secondary N) is 1. The minimum atomic E-state index is -0.0953. The number of aromatic nitrogens is 2. The van der Waals surface area contributed by atoms with Gasteiger partial charge in [0.2, 0.25) is 5.95 Å². The number of amides is 2. The zero-order valence-electron chi connectivity index (χ0n) is 14.9. The summed E-state index contributed by atoms with van der Waals surface area (Å²) in [7, 11) is 3.58. The first-order chi connectivity index (χ1) is 12.6. The number of piperidine rings is 1. The van der Waals surface area contributed by atoms with Crippen molar-refractivity contribution in [3.8, 4) is 5.75 Å². The largest absolute Gasteiger partial charge is 0.497 e. The van der Waals surface area contributed by atoms with Crippen LogP contribution < -0.4 is 15.0 Å². The highest BCUT2D eigenvalue weighted by molar-refractivity contribution is 6.30. The average molecular weight is 376 g/mol. The molecule has 0 unspecified atom stereocenters. The van der Waals surface area contributed by atoms with E-state index in [1.54, 1.807) is 25.6 Å². The van der Waals surface area contributed by atoms with Crippen LogP contribution in [0.3, 0.4) is 0 Å². The van der Waals surface area contributed by atoms with Crippen molar-refractivity contribution in [1.29, 1.82) is 0 Å². The number of hydrogen-bond donors (Lipinski definition) is 1. The van der Waals surface area contributed by atoms with Gasteiger partial charge in [-0.15, -0.1) is 0 Å². The number of rotatable bonds is 4. The van der Waals surface area contributed by atoms with Gasteiger partial charge < -0.3 is 19.9 Å². The molecule has 2 heterocycles. The van der Waals surface area contributed by atoms with E-state index in [0.717, 1.165) is 18.5 Å². The van der Waals surface area contributed by atoms with Gasteiger partial charge >= 0.3 is 6.03 Å². The lowest BCUT2D eigenvalue weighted by molar-refractivity contribution is 0.194. The number of urea groups is 1. The molecule has 2 aromatic rings. The molecular formula is C18H22ClN5O2. The van der Waals surface area contributed by atoms with Crippen molar-refractivity contribution >= 4 is 29.3 Å². The maximum Gasteiger partial charge on any atom is 0.321 e. The molecule has 1 saturated heterocycles. The van der Waals surface area contributed by atoms with Gasteiger partial charge in [0.1, 0.15) is 5.75 Å². The summed E-state index contributed by atoms with van der Waals surface area (Å²) in [5, 5.41) is 3.44. The van der Waals surface area contributed by atoms with Crippen LogP contribution in [0.25, 0.3) is 0 Å². The summed E-state index contributed by atoms with van der Waals surface area (Å²) in [4.78, 5) is 24.9. The molecule has 1 aromatic heterocycles. The Labute approximate surface area is 157 Å². The fourth-order valence-electron chi connectivity index (χ4n) is 3.01. The number of benzene rings is 1. The van der Waals surface area contributed by atoms with Gasteiger partial charge in [-0.1, -0.05) is 17.7 Å². The number of anilines is 2. The molecule has 1 aliphatic heterocycles. The summed E-state index contributed by atoms with van der Waals surface area (Å²) in [6.07, 6.45) is 4.90. The SMILES string of the molecule is COc1cccc(NC(=O)N2CCC(N(C)c3ncc(Cl)cn3)CC2)c1. The first-order valence-corrected chi connectivity index (χ1v) is 8.85. The summed E-state index contributed by atoms with van der Waals surface area (Å²) >= 11 is 5.84. The van der Waals surface area contributed by atoms with Crippen molar-refractivity contribution in [3.05, 3.63) is 41.7 Å². The third-order valence-electron chi connectivity index (χ3n) is 4.54. The predicted molar refractivity (Wildman–Crippen MR) is 102 cm³/mol. The maximum atomic E-state index is 12.5. The minimum absolute atomic E-state index is 0.0953. The molecule has 1 N–H and O–H groups in total. The Morgan fingerprint density at radius 1 is 1.31 bits per heavy atom. The Kier molecular flexibility index (Phi) is 5.78. The molecule has 1 aromatic carbocycles. The lowest BCUT2D eigenvalue weighted by atomic mass is 10.0. The summed E-state index contributed by atoms with van der Waals surface area (Å²) in [6, 6.07) is 7.53. The van der Waals surface area contributed by atoms with Crippen LogP contribution >= 0.6 is 11.6 Å². The second kappa shape index (κ2) is 8.23. The zero-order valence-corrected chi connectivity index (χ0v) is 15.6. The molecule has 1 fully saturated rings. The van der Waals surface area contributed by atoms with Crippen LogP contribution in [0.5, 0.6) is 5.75 Å². The van der Waals surface area contributed by atoms with E-state index < -0.39 is 0 Å². The molecular weight excluding hydrogens is 354 g/mol. The molecule has 0 spiro atoms. The van der Waals surface area contributed by atoms with E-state index in [9.17, 15) is 4.79 Å². The summed E-state index contributed by atoms with van der Waals surface area (Å²) in [5.74, 6) is 1.36. The molecule has 26 heavy (non-hydrogen) atoms. The van der Waals surface area contributed by atoms with E-state index >= 15 is 0 Å². The highest BCUT2D eigenvalue weighted by Gasteiger charge is 2.26. The lowest BCUT2D eigenvalue weighted by Gasteiger charge is -2.36. The number of halogens is 1. The molecule has 0 saturated carbocycles. The Bertz CT molecular complexity index is 748. The molecule has 8 heteroatoms. The quantitative estimate of drug-likeness (QED) is 0.888. The van der Waals surface area contributed by atoms with Crippen molar-refractivity contribution < 1.29 is 9.53 Å². The van der Waals surface area contributed by atoms with E-state index in [-0.39, 0.29) is 12.1 Å². The number of methoxy groups -OCH3 is 1. The molecule has 138 valence electrons.